The molecule has 0 saturated heterocycles. The molecule has 0 bridgehead atoms. The number of fused-ring (bicyclic) bond motifs is 1. The molecule has 4 heteroatoms. The highest BCUT2D eigenvalue weighted by Gasteiger charge is 2.15. The molecule has 1 aliphatic carbocycles. The molecule has 2 nitrogen and oxygen atoms in total. The van der Waals surface area contributed by atoms with Gasteiger partial charge in [-0.2, -0.15) is 0 Å². The van der Waals surface area contributed by atoms with Gasteiger partial charge in [-0.25, -0.2) is 4.98 Å². The third kappa shape index (κ3) is 2.47. The van der Waals surface area contributed by atoms with Crippen molar-refractivity contribution in [1.29, 1.82) is 0 Å². The van der Waals surface area contributed by atoms with E-state index in [1.165, 1.54) is 42.4 Å². The van der Waals surface area contributed by atoms with Crippen LogP contribution in [0.5, 0.6) is 0 Å². The molecule has 1 heterocycles. The van der Waals surface area contributed by atoms with Crippen LogP contribution in [0.25, 0.3) is 10.2 Å². The Balaban J connectivity index is 1.86. The van der Waals surface area contributed by atoms with E-state index < -0.39 is 0 Å². The Morgan fingerprint density at radius 1 is 1.28 bits per heavy atom. The van der Waals surface area contributed by atoms with Crippen LogP contribution in [0.3, 0.4) is 0 Å². The molecule has 0 unspecified atom stereocenters. The van der Waals surface area contributed by atoms with Gasteiger partial charge in [0.1, 0.15) is 5.52 Å². The van der Waals surface area contributed by atoms with Crippen molar-refractivity contribution in [2.45, 2.75) is 45.1 Å². The van der Waals surface area contributed by atoms with Crippen LogP contribution in [-0.4, -0.2) is 11.0 Å². The van der Waals surface area contributed by atoms with Crippen molar-refractivity contribution in [1.82, 2.24) is 4.98 Å². The van der Waals surface area contributed by atoms with Crippen LogP contribution in [0.1, 0.15) is 37.7 Å². The van der Waals surface area contributed by atoms with E-state index in [4.69, 9.17) is 11.6 Å². The molecule has 1 aromatic heterocycles. The SMILES string of the molecule is Cc1cc(Cl)c2nc(NC3CCCCC3)sc2c1. The second kappa shape index (κ2) is 5.06. The Labute approximate surface area is 116 Å². The molecule has 1 N–H and O–H groups in total. The first kappa shape index (κ1) is 12.2. The number of aryl methyl sites for hydroxylation is 1. The number of halogens is 1. The molecule has 2 aromatic rings. The summed E-state index contributed by atoms with van der Waals surface area (Å²) in [5.41, 5.74) is 2.13. The fourth-order valence-electron chi connectivity index (χ4n) is 2.60. The molecule has 0 aliphatic heterocycles. The minimum atomic E-state index is 0.596. The molecule has 3 rings (SSSR count). The fraction of sp³-hybridized carbons (Fsp3) is 0.500. The van der Waals surface area contributed by atoms with Crippen molar-refractivity contribution < 1.29 is 0 Å². The molecule has 1 saturated carbocycles. The minimum absolute atomic E-state index is 0.596. The van der Waals surface area contributed by atoms with Gasteiger partial charge < -0.3 is 5.32 Å². The highest BCUT2D eigenvalue weighted by Crippen LogP contribution is 2.33. The largest absolute Gasteiger partial charge is 0.359 e. The molecule has 18 heavy (non-hydrogen) atoms. The van der Waals surface area contributed by atoms with Crippen LogP contribution in [0.15, 0.2) is 12.1 Å². The number of rotatable bonds is 2. The van der Waals surface area contributed by atoms with Gasteiger partial charge >= 0.3 is 0 Å². The van der Waals surface area contributed by atoms with Crippen molar-refractivity contribution in [3.63, 3.8) is 0 Å². The number of hydrogen-bond acceptors (Lipinski definition) is 3. The average Bonchev–Trinajstić information content (AvgIpc) is 2.73. The molecule has 0 radical (unpaired) electrons. The monoisotopic (exact) mass is 280 g/mol. The molecule has 0 atom stereocenters. The van der Waals surface area contributed by atoms with Gasteiger partial charge in [0.25, 0.3) is 0 Å². The summed E-state index contributed by atoms with van der Waals surface area (Å²) in [6, 6.07) is 4.73. The molecular weight excluding hydrogens is 264 g/mol. The van der Waals surface area contributed by atoms with Crippen molar-refractivity contribution in [2.24, 2.45) is 0 Å². The zero-order valence-electron chi connectivity index (χ0n) is 10.5. The Hall–Kier alpha value is -0.800. The van der Waals surface area contributed by atoms with Crippen LogP contribution < -0.4 is 5.32 Å². The summed E-state index contributed by atoms with van der Waals surface area (Å²) >= 11 is 7.95. The van der Waals surface area contributed by atoms with Gasteiger partial charge in [-0.15, -0.1) is 0 Å². The van der Waals surface area contributed by atoms with E-state index in [1.54, 1.807) is 11.3 Å². The van der Waals surface area contributed by atoms with Crippen LogP contribution in [0.4, 0.5) is 5.13 Å². The lowest BCUT2D eigenvalue weighted by molar-refractivity contribution is 0.462. The average molecular weight is 281 g/mol. The lowest BCUT2D eigenvalue weighted by Crippen LogP contribution is -2.21. The van der Waals surface area contributed by atoms with Crippen LogP contribution in [0, 0.1) is 6.92 Å². The number of anilines is 1. The summed E-state index contributed by atoms with van der Waals surface area (Å²) in [5.74, 6) is 0. The highest BCUT2D eigenvalue weighted by atomic mass is 35.5. The van der Waals surface area contributed by atoms with Crippen LogP contribution in [-0.2, 0) is 0 Å². The lowest BCUT2D eigenvalue weighted by atomic mass is 9.96. The van der Waals surface area contributed by atoms with Gasteiger partial charge in [0, 0.05) is 6.04 Å². The molecular formula is C14H17ClN2S. The molecule has 1 fully saturated rings. The van der Waals surface area contributed by atoms with E-state index in [2.05, 4.69) is 23.3 Å². The van der Waals surface area contributed by atoms with E-state index in [0.717, 1.165) is 15.7 Å². The molecule has 1 aliphatic rings. The van der Waals surface area contributed by atoms with E-state index in [9.17, 15) is 0 Å². The molecule has 96 valence electrons. The molecule has 1 aromatic carbocycles. The maximum absolute atomic E-state index is 6.23. The zero-order chi connectivity index (χ0) is 12.5. The summed E-state index contributed by atoms with van der Waals surface area (Å²) in [6.07, 6.45) is 6.58. The molecule has 0 amide bonds. The van der Waals surface area contributed by atoms with Gasteiger partial charge in [0.15, 0.2) is 5.13 Å². The van der Waals surface area contributed by atoms with Crippen molar-refractivity contribution >= 4 is 38.3 Å². The normalized spacial score (nSPS) is 17.2. The minimum Gasteiger partial charge on any atom is -0.359 e. The van der Waals surface area contributed by atoms with Gasteiger partial charge in [0.05, 0.1) is 9.72 Å². The van der Waals surface area contributed by atoms with Crippen molar-refractivity contribution in [2.75, 3.05) is 5.32 Å². The summed E-state index contributed by atoms with van der Waals surface area (Å²) < 4.78 is 1.18. The summed E-state index contributed by atoms with van der Waals surface area (Å²) in [5, 5.41) is 5.35. The van der Waals surface area contributed by atoms with E-state index in [0.29, 0.717) is 6.04 Å². The van der Waals surface area contributed by atoms with Crippen LogP contribution >= 0.6 is 22.9 Å². The highest BCUT2D eigenvalue weighted by molar-refractivity contribution is 7.22. The number of thiazole rings is 1. The Morgan fingerprint density at radius 3 is 2.83 bits per heavy atom. The maximum Gasteiger partial charge on any atom is 0.184 e. The molecule has 0 spiro atoms. The lowest BCUT2D eigenvalue weighted by Gasteiger charge is -2.22. The predicted molar refractivity (Wildman–Crippen MR) is 79.9 cm³/mol. The second-order valence-corrected chi connectivity index (χ2v) is 6.53. The Kier molecular flexibility index (Phi) is 3.44. The first-order valence-electron chi connectivity index (χ1n) is 6.55. The van der Waals surface area contributed by atoms with Gasteiger partial charge in [-0.05, 0) is 37.5 Å². The number of hydrogen-bond donors (Lipinski definition) is 1. The Morgan fingerprint density at radius 2 is 2.06 bits per heavy atom. The number of nitrogens with zero attached hydrogens (tertiary/aromatic N) is 1. The van der Waals surface area contributed by atoms with Crippen molar-refractivity contribution in [3.05, 3.63) is 22.7 Å². The van der Waals surface area contributed by atoms with Gasteiger partial charge in [-0.3, -0.25) is 0 Å². The third-order valence-electron chi connectivity index (χ3n) is 3.53. The number of benzene rings is 1. The second-order valence-electron chi connectivity index (χ2n) is 5.09. The number of aromatic nitrogens is 1. The van der Waals surface area contributed by atoms with Gasteiger partial charge in [-0.1, -0.05) is 42.2 Å². The summed E-state index contributed by atoms with van der Waals surface area (Å²) in [7, 11) is 0. The Bertz CT molecular complexity index is 558. The quantitative estimate of drug-likeness (QED) is 0.837. The van der Waals surface area contributed by atoms with E-state index in [-0.39, 0.29) is 0 Å². The third-order valence-corrected chi connectivity index (χ3v) is 4.75. The maximum atomic E-state index is 6.23. The van der Waals surface area contributed by atoms with Crippen molar-refractivity contribution in [3.8, 4) is 0 Å². The number of nitrogens with one attached hydrogen (secondary N) is 1. The predicted octanol–water partition coefficient (Wildman–Crippen LogP) is 5.00. The fourth-order valence-corrected chi connectivity index (χ4v) is 4.04. The topological polar surface area (TPSA) is 24.9 Å². The van der Waals surface area contributed by atoms with Gasteiger partial charge in [0.2, 0.25) is 0 Å². The summed E-state index contributed by atoms with van der Waals surface area (Å²) in [4.78, 5) is 4.62. The van der Waals surface area contributed by atoms with E-state index >= 15 is 0 Å². The zero-order valence-corrected chi connectivity index (χ0v) is 12.1. The first-order chi connectivity index (χ1) is 8.72. The van der Waals surface area contributed by atoms with Crippen LogP contribution in [0.2, 0.25) is 5.02 Å². The van der Waals surface area contributed by atoms with E-state index in [1.807, 2.05) is 6.07 Å². The standard InChI is InChI=1S/C14H17ClN2S/c1-9-7-11(15)13-12(8-9)18-14(17-13)16-10-5-3-2-4-6-10/h7-8,10H,2-6H2,1H3,(H,16,17). The summed E-state index contributed by atoms with van der Waals surface area (Å²) in [6.45, 7) is 2.07. The smallest absolute Gasteiger partial charge is 0.184 e. The first-order valence-corrected chi connectivity index (χ1v) is 7.75.